The molecule has 0 amide bonds. The molecular formula is C28H46O3. The summed E-state index contributed by atoms with van der Waals surface area (Å²) < 4.78 is 0. The molecule has 3 nitrogen and oxygen atoms in total. The van der Waals surface area contributed by atoms with Gasteiger partial charge in [0.2, 0.25) is 0 Å². The van der Waals surface area contributed by atoms with Crippen molar-refractivity contribution in [1.29, 1.82) is 0 Å². The number of allylic oxidation sites excluding steroid dienone is 1. The highest BCUT2D eigenvalue weighted by Gasteiger charge is 2.60. The molecule has 0 heterocycles. The Morgan fingerprint density at radius 3 is 2.58 bits per heavy atom. The van der Waals surface area contributed by atoms with Gasteiger partial charge in [-0.05, 0) is 92.3 Å². The van der Waals surface area contributed by atoms with Crippen LogP contribution in [0.1, 0.15) is 105 Å². The van der Waals surface area contributed by atoms with E-state index >= 15 is 0 Å². The third-order valence-electron chi connectivity index (χ3n) is 10.5. The number of aliphatic hydroxyl groups excluding tert-OH is 1. The fourth-order valence-electron chi connectivity index (χ4n) is 9.06. The van der Waals surface area contributed by atoms with E-state index in [4.69, 9.17) is 0 Å². The van der Waals surface area contributed by atoms with E-state index in [1.807, 2.05) is 0 Å². The van der Waals surface area contributed by atoms with Crippen molar-refractivity contribution in [2.24, 2.45) is 46.3 Å². The minimum atomic E-state index is -0.653. The molecule has 2 N–H and O–H groups in total. The van der Waals surface area contributed by atoms with E-state index in [1.165, 1.54) is 50.5 Å². The van der Waals surface area contributed by atoms with Crippen LogP contribution in [0.5, 0.6) is 0 Å². The normalized spacial score (nSPS) is 43.0. The van der Waals surface area contributed by atoms with Crippen molar-refractivity contribution in [3.05, 3.63) is 11.6 Å². The topological polar surface area (TPSA) is 57.5 Å². The third-order valence-corrected chi connectivity index (χ3v) is 10.5. The van der Waals surface area contributed by atoms with E-state index < -0.39 is 5.97 Å². The lowest BCUT2D eigenvalue weighted by Crippen LogP contribution is -2.52. The van der Waals surface area contributed by atoms with Crippen molar-refractivity contribution in [3.63, 3.8) is 0 Å². The zero-order chi connectivity index (χ0) is 22.4. The Balaban J connectivity index is 1.55. The lowest BCUT2D eigenvalue weighted by molar-refractivity contribution is -0.143. The smallest absolute Gasteiger partial charge is 0.304 e. The first-order valence-corrected chi connectivity index (χ1v) is 13.3. The molecule has 0 unspecified atom stereocenters. The standard InChI is InChI=1S/C28H46O3/c1-18(2)6-5-7-19(3)23-10-11-24-22-9-8-20-16-21(29)12-15-28(20,17-26(30)31)25(22)13-14-27(23,24)4/h8,18-19,21-25,29H,5-7,9-17H2,1-4H3,(H,30,31)/t19-,21+,22+,23-,24+,25+,27-,28-/m1/s1. The summed E-state index contributed by atoms with van der Waals surface area (Å²) in [6.07, 6.45) is 15.1. The van der Waals surface area contributed by atoms with Gasteiger partial charge in [-0.2, -0.15) is 0 Å². The van der Waals surface area contributed by atoms with Crippen LogP contribution in [0, 0.1) is 46.3 Å². The molecule has 0 radical (unpaired) electrons. The number of carbonyl (C=O) groups is 1. The summed E-state index contributed by atoms with van der Waals surface area (Å²) in [5.74, 6) is 3.68. The largest absolute Gasteiger partial charge is 0.481 e. The Morgan fingerprint density at radius 2 is 1.87 bits per heavy atom. The average Bonchev–Trinajstić information content (AvgIpc) is 3.05. The Hall–Kier alpha value is -0.830. The first kappa shape index (κ1) is 23.3. The number of aliphatic hydroxyl groups is 1. The van der Waals surface area contributed by atoms with Crippen LogP contribution in [0.15, 0.2) is 11.6 Å². The lowest BCUT2D eigenvalue weighted by Gasteiger charge is -2.59. The summed E-state index contributed by atoms with van der Waals surface area (Å²) in [7, 11) is 0. The highest BCUT2D eigenvalue weighted by Crippen LogP contribution is 2.68. The lowest BCUT2D eigenvalue weighted by atomic mass is 9.45. The van der Waals surface area contributed by atoms with Crippen LogP contribution in [0.3, 0.4) is 0 Å². The monoisotopic (exact) mass is 430 g/mol. The Kier molecular flexibility index (Phi) is 6.65. The first-order chi connectivity index (χ1) is 14.7. The zero-order valence-electron chi connectivity index (χ0n) is 20.4. The molecule has 0 aromatic rings. The molecule has 0 spiro atoms. The molecule has 4 aliphatic rings. The summed E-state index contributed by atoms with van der Waals surface area (Å²) >= 11 is 0. The molecule has 3 fully saturated rings. The van der Waals surface area contributed by atoms with Crippen molar-refractivity contribution in [2.45, 2.75) is 111 Å². The number of carboxylic acids is 1. The predicted molar refractivity (Wildman–Crippen MR) is 126 cm³/mol. The summed E-state index contributed by atoms with van der Waals surface area (Å²) in [4.78, 5) is 12.0. The Bertz CT molecular complexity index is 696. The van der Waals surface area contributed by atoms with Crippen LogP contribution in [0.25, 0.3) is 0 Å². The van der Waals surface area contributed by atoms with Gasteiger partial charge in [-0.1, -0.05) is 58.6 Å². The summed E-state index contributed by atoms with van der Waals surface area (Å²) in [5, 5.41) is 20.1. The first-order valence-electron chi connectivity index (χ1n) is 13.3. The molecular weight excluding hydrogens is 384 g/mol. The fraction of sp³-hybridized carbons (Fsp3) is 0.893. The number of hydrogen-bond donors (Lipinski definition) is 2. The van der Waals surface area contributed by atoms with Crippen LogP contribution in [-0.2, 0) is 4.79 Å². The van der Waals surface area contributed by atoms with Crippen molar-refractivity contribution >= 4 is 5.97 Å². The van der Waals surface area contributed by atoms with Gasteiger partial charge in [-0.25, -0.2) is 0 Å². The van der Waals surface area contributed by atoms with Gasteiger partial charge < -0.3 is 10.2 Å². The van der Waals surface area contributed by atoms with Crippen molar-refractivity contribution < 1.29 is 15.0 Å². The molecule has 4 rings (SSSR count). The van der Waals surface area contributed by atoms with Crippen LogP contribution in [0.4, 0.5) is 0 Å². The number of aliphatic carboxylic acids is 1. The minimum Gasteiger partial charge on any atom is -0.481 e. The predicted octanol–water partition coefficient (Wildman–Crippen LogP) is 6.84. The Morgan fingerprint density at radius 1 is 1.10 bits per heavy atom. The molecule has 4 aliphatic carbocycles. The van der Waals surface area contributed by atoms with Crippen molar-refractivity contribution in [3.8, 4) is 0 Å². The van der Waals surface area contributed by atoms with Gasteiger partial charge in [0.25, 0.3) is 0 Å². The molecule has 0 aromatic carbocycles. The summed E-state index contributed by atoms with van der Waals surface area (Å²) in [6, 6.07) is 0. The third kappa shape index (κ3) is 4.13. The van der Waals surface area contributed by atoms with Gasteiger partial charge in [0.05, 0.1) is 12.5 Å². The second-order valence-electron chi connectivity index (χ2n) is 12.5. The summed E-state index contributed by atoms with van der Waals surface area (Å²) in [5.41, 5.74) is 1.54. The van der Waals surface area contributed by atoms with Gasteiger partial charge in [0.15, 0.2) is 0 Å². The van der Waals surface area contributed by atoms with E-state index in [0.29, 0.717) is 23.7 Å². The van der Waals surface area contributed by atoms with E-state index in [-0.39, 0.29) is 17.9 Å². The van der Waals surface area contributed by atoms with Crippen molar-refractivity contribution in [1.82, 2.24) is 0 Å². The van der Waals surface area contributed by atoms with Crippen LogP contribution < -0.4 is 0 Å². The van der Waals surface area contributed by atoms with Gasteiger partial charge >= 0.3 is 5.97 Å². The van der Waals surface area contributed by atoms with E-state index in [9.17, 15) is 15.0 Å². The molecule has 3 saturated carbocycles. The van der Waals surface area contributed by atoms with Gasteiger partial charge in [-0.3, -0.25) is 4.79 Å². The highest BCUT2D eigenvalue weighted by molar-refractivity contribution is 5.69. The zero-order valence-corrected chi connectivity index (χ0v) is 20.4. The molecule has 8 atom stereocenters. The molecule has 0 aromatic heterocycles. The highest BCUT2D eigenvalue weighted by atomic mass is 16.4. The van der Waals surface area contributed by atoms with Crippen LogP contribution in [0.2, 0.25) is 0 Å². The van der Waals surface area contributed by atoms with E-state index in [0.717, 1.165) is 42.9 Å². The number of hydrogen-bond acceptors (Lipinski definition) is 2. The van der Waals surface area contributed by atoms with E-state index in [2.05, 4.69) is 33.8 Å². The molecule has 176 valence electrons. The maximum absolute atomic E-state index is 12.0. The quantitative estimate of drug-likeness (QED) is 0.435. The van der Waals surface area contributed by atoms with Crippen LogP contribution >= 0.6 is 0 Å². The van der Waals surface area contributed by atoms with Gasteiger partial charge in [-0.15, -0.1) is 0 Å². The second kappa shape index (κ2) is 8.84. The molecule has 31 heavy (non-hydrogen) atoms. The minimum absolute atomic E-state index is 0.184. The fourth-order valence-corrected chi connectivity index (χ4v) is 9.06. The number of carboxylic acid groups (broad SMARTS) is 1. The van der Waals surface area contributed by atoms with Crippen LogP contribution in [-0.4, -0.2) is 22.3 Å². The van der Waals surface area contributed by atoms with Crippen molar-refractivity contribution in [2.75, 3.05) is 0 Å². The maximum Gasteiger partial charge on any atom is 0.304 e. The number of rotatable bonds is 7. The van der Waals surface area contributed by atoms with Gasteiger partial charge in [0.1, 0.15) is 0 Å². The Labute approximate surface area is 190 Å². The molecule has 0 bridgehead atoms. The second-order valence-corrected chi connectivity index (χ2v) is 12.5. The summed E-state index contributed by atoms with van der Waals surface area (Å²) in [6.45, 7) is 9.78. The SMILES string of the molecule is CC(C)CCC[C@@H](C)[C@H]1CC[C@H]2[C@@H]3CC=C4C[C@@H](O)CC[C@]4(CC(=O)O)[C@H]3CC[C@]12C. The van der Waals surface area contributed by atoms with E-state index in [1.54, 1.807) is 0 Å². The molecule has 3 heteroatoms. The molecule has 0 saturated heterocycles. The molecule has 0 aliphatic heterocycles. The average molecular weight is 431 g/mol. The number of fused-ring (bicyclic) bond motifs is 5. The van der Waals surface area contributed by atoms with Gasteiger partial charge in [0, 0.05) is 5.41 Å². The maximum atomic E-state index is 12.0.